The minimum atomic E-state index is -0.437. The van der Waals surface area contributed by atoms with E-state index in [1.165, 1.54) is 6.07 Å². The summed E-state index contributed by atoms with van der Waals surface area (Å²) in [6.45, 7) is 1.61. The maximum atomic E-state index is 13.6. The second-order valence-electron chi connectivity index (χ2n) is 6.02. The number of amides is 2. The molecule has 0 saturated carbocycles. The number of anilines is 2. The van der Waals surface area contributed by atoms with Crippen LogP contribution in [-0.4, -0.2) is 20.4 Å². The van der Waals surface area contributed by atoms with E-state index >= 15 is 0 Å². The van der Waals surface area contributed by atoms with E-state index in [0.29, 0.717) is 22.7 Å². The average molecular weight is 361 g/mol. The first-order valence-corrected chi connectivity index (χ1v) is 8.33. The molecule has 0 spiro atoms. The Bertz CT molecular complexity index is 1090. The minimum absolute atomic E-state index is 0.362. The Labute approximate surface area is 154 Å². The van der Waals surface area contributed by atoms with Crippen LogP contribution in [0.3, 0.4) is 0 Å². The lowest BCUT2D eigenvalue weighted by atomic mass is 10.1. The van der Waals surface area contributed by atoms with E-state index in [2.05, 4.69) is 20.6 Å². The van der Waals surface area contributed by atoms with Gasteiger partial charge in [-0.05, 0) is 37.3 Å². The molecule has 0 fully saturated rings. The molecule has 0 aliphatic rings. The number of hydrogen-bond donors (Lipinski definition) is 2. The van der Waals surface area contributed by atoms with Gasteiger partial charge in [0.15, 0.2) is 0 Å². The molecular weight excluding hydrogens is 345 g/mol. The third kappa shape index (κ3) is 3.48. The molecule has 2 amide bonds. The summed E-state index contributed by atoms with van der Waals surface area (Å²) in [5.41, 5.74) is 3.14. The van der Waals surface area contributed by atoms with Crippen LogP contribution in [0.1, 0.15) is 5.56 Å². The van der Waals surface area contributed by atoms with Crippen LogP contribution in [0.5, 0.6) is 0 Å². The van der Waals surface area contributed by atoms with Crippen molar-refractivity contribution in [2.24, 2.45) is 0 Å². The number of nitrogens with zero attached hydrogens (tertiary/aromatic N) is 3. The van der Waals surface area contributed by atoms with Crippen LogP contribution in [0.2, 0.25) is 0 Å². The summed E-state index contributed by atoms with van der Waals surface area (Å²) in [5.74, 6) is 0.263. The minimum Gasteiger partial charge on any atom is -0.308 e. The van der Waals surface area contributed by atoms with Crippen molar-refractivity contribution in [3.05, 3.63) is 78.5 Å². The van der Waals surface area contributed by atoms with Crippen molar-refractivity contribution in [2.45, 2.75) is 6.92 Å². The predicted molar refractivity (Wildman–Crippen MR) is 102 cm³/mol. The van der Waals surface area contributed by atoms with E-state index in [-0.39, 0.29) is 5.82 Å². The fourth-order valence-corrected chi connectivity index (χ4v) is 2.72. The van der Waals surface area contributed by atoms with Gasteiger partial charge in [0.1, 0.15) is 5.82 Å². The lowest BCUT2D eigenvalue weighted by Gasteiger charge is -2.10. The highest BCUT2D eigenvalue weighted by molar-refractivity contribution is 6.00. The highest BCUT2D eigenvalue weighted by Crippen LogP contribution is 2.21. The average Bonchev–Trinajstić information content (AvgIpc) is 3.10. The second kappa shape index (κ2) is 6.87. The van der Waals surface area contributed by atoms with Crippen LogP contribution in [0.25, 0.3) is 17.0 Å². The zero-order valence-electron chi connectivity index (χ0n) is 14.5. The lowest BCUT2D eigenvalue weighted by Crippen LogP contribution is -2.20. The van der Waals surface area contributed by atoms with Gasteiger partial charge in [-0.1, -0.05) is 18.2 Å². The van der Waals surface area contributed by atoms with Crippen LogP contribution in [0.4, 0.5) is 20.6 Å². The van der Waals surface area contributed by atoms with E-state index < -0.39 is 6.03 Å². The lowest BCUT2D eigenvalue weighted by molar-refractivity contribution is 0.262. The number of imidazole rings is 1. The molecule has 2 aromatic carbocycles. The highest BCUT2D eigenvalue weighted by Gasteiger charge is 2.09. The molecule has 0 radical (unpaired) electrons. The number of benzene rings is 2. The van der Waals surface area contributed by atoms with E-state index in [4.69, 9.17) is 0 Å². The topological polar surface area (TPSA) is 71.3 Å². The molecule has 0 saturated heterocycles. The zero-order valence-corrected chi connectivity index (χ0v) is 14.5. The van der Waals surface area contributed by atoms with Crippen molar-refractivity contribution in [3.63, 3.8) is 0 Å². The van der Waals surface area contributed by atoms with Crippen molar-refractivity contribution in [1.82, 2.24) is 14.4 Å². The normalized spacial score (nSPS) is 10.7. The molecule has 2 heterocycles. The molecule has 0 atom stereocenters. The molecule has 7 heteroatoms. The van der Waals surface area contributed by atoms with Gasteiger partial charge in [-0.3, -0.25) is 4.40 Å². The number of nitrogens with one attached hydrogen (secondary N) is 2. The maximum absolute atomic E-state index is 13.6. The van der Waals surface area contributed by atoms with Gasteiger partial charge in [0, 0.05) is 41.1 Å². The Morgan fingerprint density at radius 1 is 1.07 bits per heavy atom. The van der Waals surface area contributed by atoms with Crippen molar-refractivity contribution in [2.75, 3.05) is 10.6 Å². The van der Waals surface area contributed by atoms with Crippen LogP contribution in [0, 0.1) is 12.7 Å². The van der Waals surface area contributed by atoms with Crippen molar-refractivity contribution < 1.29 is 9.18 Å². The first kappa shape index (κ1) is 16.7. The molecule has 4 aromatic rings. The molecule has 0 aliphatic heterocycles. The largest absolute Gasteiger partial charge is 0.323 e. The molecule has 0 bridgehead atoms. The first-order chi connectivity index (χ1) is 13.1. The van der Waals surface area contributed by atoms with E-state index in [0.717, 1.165) is 11.3 Å². The summed E-state index contributed by atoms with van der Waals surface area (Å²) in [4.78, 5) is 20.8. The van der Waals surface area contributed by atoms with E-state index in [9.17, 15) is 9.18 Å². The third-order valence-electron chi connectivity index (χ3n) is 4.19. The SMILES string of the molecule is Cc1c(F)cccc1NC(=O)Nc1ccc(-c2cn3cccnc3n2)cc1. The van der Waals surface area contributed by atoms with E-state index in [1.54, 1.807) is 37.4 Å². The monoisotopic (exact) mass is 361 g/mol. The molecule has 27 heavy (non-hydrogen) atoms. The van der Waals surface area contributed by atoms with Gasteiger partial charge < -0.3 is 10.6 Å². The Hall–Kier alpha value is -3.74. The van der Waals surface area contributed by atoms with Gasteiger partial charge in [0.05, 0.1) is 5.69 Å². The van der Waals surface area contributed by atoms with Crippen LogP contribution < -0.4 is 10.6 Å². The second-order valence-corrected chi connectivity index (χ2v) is 6.02. The molecule has 0 aliphatic carbocycles. The van der Waals surface area contributed by atoms with Crippen LogP contribution in [0.15, 0.2) is 67.1 Å². The van der Waals surface area contributed by atoms with Crippen molar-refractivity contribution in [3.8, 4) is 11.3 Å². The fourth-order valence-electron chi connectivity index (χ4n) is 2.72. The van der Waals surface area contributed by atoms with Crippen LogP contribution in [-0.2, 0) is 0 Å². The van der Waals surface area contributed by atoms with Crippen molar-refractivity contribution in [1.29, 1.82) is 0 Å². The van der Waals surface area contributed by atoms with Crippen LogP contribution >= 0.6 is 0 Å². The van der Waals surface area contributed by atoms with Gasteiger partial charge in [-0.2, -0.15) is 0 Å². The quantitative estimate of drug-likeness (QED) is 0.565. The first-order valence-electron chi connectivity index (χ1n) is 8.33. The number of halogens is 1. The highest BCUT2D eigenvalue weighted by atomic mass is 19.1. The summed E-state index contributed by atoms with van der Waals surface area (Å²) in [7, 11) is 0. The molecule has 2 aromatic heterocycles. The summed E-state index contributed by atoms with van der Waals surface area (Å²) < 4.78 is 15.4. The third-order valence-corrected chi connectivity index (χ3v) is 4.19. The fraction of sp³-hybridized carbons (Fsp3) is 0.0500. The maximum Gasteiger partial charge on any atom is 0.323 e. The smallest absolute Gasteiger partial charge is 0.308 e. The molecule has 6 nitrogen and oxygen atoms in total. The molecule has 0 unspecified atom stereocenters. The summed E-state index contributed by atoms with van der Waals surface area (Å²) in [6.07, 6.45) is 5.47. The Kier molecular flexibility index (Phi) is 4.25. The molecular formula is C20H16FN5O. The summed E-state index contributed by atoms with van der Waals surface area (Å²) in [5, 5.41) is 5.38. The summed E-state index contributed by atoms with van der Waals surface area (Å²) in [6, 6.07) is 13.3. The van der Waals surface area contributed by atoms with Gasteiger partial charge in [-0.25, -0.2) is 19.2 Å². The number of aromatic nitrogens is 3. The van der Waals surface area contributed by atoms with Gasteiger partial charge in [0.2, 0.25) is 5.78 Å². The Morgan fingerprint density at radius 3 is 2.67 bits per heavy atom. The van der Waals surface area contributed by atoms with Gasteiger partial charge in [-0.15, -0.1) is 0 Å². The number of rotatable bonds is 3. The van der Waals surface area contributed by atoms with Gasteiger partial charge in [0.25, 0.3) is 0 Å². The predicted octanol–water partition coefficient (Wildman–Crippen LogP) is 4.49. The van der Waals surface area contributed by atoms with E-state index in [1.807, 2.05) is 35.0 Å². The Morgan fingerprint density at radius 2 is 1.89 bits per heavy atom. The molecule has 2 N–H and O–H groups in total. The standard InChI is InChI=1S/C20H16FN5O/c1-13-16(21)4-2-5-17(13)25-20(27)23-15-8-6-14(7-9-15)18-12-26-11-3-10-22-19(26)24-18/h2-12H,1H3,(H2,23,25,27). The molecule has 134 valence electrons. The van der Waals surface area contributed by atoms with Crippen molar-refractivity contribution >= 4 is 23.2 Å². The number of fused-ring (bicyclic) bond motifs is 1. The number of hydrogen-bond acceptors (Lipinski definition) is 3. The molecule has 4 rings (SSSR count). The summed E-state index contributed by atoms with van der Waals surface area (Å²) >= 11 is 0. The zero-order chi connectivity index (χ0) is 18.8. The number of urea groups is 1. The number of carbonyl (C=O) groups excluding carboxylic acids is 1. The number of carbonyl (C=O) groups is 1. The Balaban J connectivity index is 1.47. The van der Waals surface area contributed by atoms with Gasteiger partial charge >= 0.3 is 6.03 Å².